The summed E-state index contributed by atoms with van der Waals surface area (Å²) in [6, 6.07) is 7.97. The van der Waals surface area contributed by atoms with Crippen molar-refractivity contribution in [3.63, 3.8) is 0 Å². The molecule has 3 aromatic rings. The van der Waals surface area contributed by atoms with Crippen LogP contribution in [0.2, 0.25) is 5.02 Å². The lowest BCUT2D eigenvalue weighted by Crippen LogP contribution is -2.52. The first-order valence-corrected chi connectivity index (χ1v) is 10.7. The molecule has 2 fully saturated rings. The topological polar surface area (TPSA) is 42.4 Å². The van der Waals surface area contributed by atoms with Gasteiger partial charge in [0, 0.05) is 32.6 Å². The van der Waals surface area contributed by atoms with E-state index in [1.165, 1.54) is 25.7 Å². The van der Waals surface area contributed by atoms with Crippen LogP contribution < -0.4 is 4.74 Å². The number of thiophene rings is 1. The maximum Gasteiger partial charge on any atom is 0.130 e. The summed E-state index contributed by atoms with van der Waals surface area (Å²) in [6.45, 7) is 2.10. The number of ether oxygens (including phenoxy) is 1. The van der Waals surface area contributed by atoms with Crippen LogP contribution in [0.4, 0.5) is 0 Å². The SMILES string of the molecule is Cc1cc(Cl)cc(-c2ccnc3cc(CO)sc23)c1OC1CCC12CCC2. The van der Waals surface area contributed by atoms with Gasteiger partial charge in [-0.05, 0) is 62.4 Å². The molecular formula is C22H22ClNO2S. The van der Waals surface area contributed by atoms with Crippen LogP contribution in [0.1, 0.15) is 42.5 Å². The first kappa shape index (κ1) is 17.5. The average molecular weight is 400 g/mol. The number of aliphatic hydroxyl groups is 1. The number of aliphatic hydroxyl groups excluding tert-OH is 1. The summed E-state index contributed by atoms with van der Waals surface area (Å²) < 4.78 is 7.71. The van der Waals surface area contributed by atoms with Crippen LogP contribution in [0.15, 0.2) is 30.5 Å². The van der Waals surface area contributed by atoms with E-state index >= 15 is 0 Å². The van der Waals surface area contributed by atoms with E-state index in [2.05, 4.69) is 11.9 Å². The molecule has 2 aliphatic rings. The van der Waals surface area contributed by atoms with Crippen LogP contribution >= 0.6 is 22.9 Å². The largest absolute Gasteiger partial charge is 0.489 e. The first-order valence-electron chi connectivity index (χ1n) is 9.55. The van der Waals surface area contributed by atoms with Crippen LogP contribution in [0, 0.1) is 12.3 Å². The highest BCUT2D eigenvalue weighted by molar-refractivity contribution is 7.19. The zero-order chi connectivity index (χ0) is 18.6. The molecule has 2 aromatic heterocycles. The quantitative estimate of drug-likeness (QED) is 0.573. The minimum atomic E-state index is 0.0307. The number of benzene rings is 1. The predicted molar refractivity (Wildman–Crippen MR) is 111 cm³/mol. The Hall–Kier alpha value is -1.62. The standard InChI is InChI=1S/C22H22ClNO2S/c1-13-9-14(23)10-17(20(13)26-19-3-7-22(19)5-2-6-22)16-4-8-24-18-11-15(12-25)27-21(16)18/h4,8-11,19,25H,2-3,5-7,12H2,1H3. The van der Waals surface area contributed by atoms with E-state index in [-0.39, 0.29) is 6.61 Å². The van der Waals surface area contributed by atoms with E-state index in [0.29, 0.717) is 16.5 Å². The fourth-order valence-electron chi connectivity index (χ4n) is 4.56. The molecule has 1 unspecified atom stereocenters. The summed E-state index contributed by atoms with van der Waals surface area (Å²) >= 11 is 8.01. The normalized spacial score (nSPS) is 20.5. The van der Waals surface area contributed by atoms with Crippen molar-refractivity contribution in [1.29, 1.82) is 0 Å². The number of halogens is 1. The molecule has 0 aliphatic heterocycles. The molecule has 0 amide bonds. The third-order valence-electron chi connectivity index (χ3n) is 6.35. The van der Waals surface area contributed by atoms with Gasteiger partial charge >= 0.3 is 0 Å². The Morgan fingerprint density at radius 1 is 1.26 bits per heavy atom. The second-order valence-electron chi connectivity index (χ2n) is 7.90. The number of aryl methyl sites for hydroxylation is 1. The summed E-state index contributed by atoms with van der Waals surface area (Å²) in [5.41, 5.74) is 4.50. The second kappa shape index (κ2) is 6.47. The zero-order valence-corrected chi connectivity index (χ0v) is 16.9. The Balaban J connectivity index is 1.63. The Morgan fingerprint density at radius 3 is 2.78 bits per heavy atom. The van der Waals surface area contributed by atoms with Crippen molar-refractivity contribution in [2.24, 2.45) is 5.41 Å². The van der Waals surface area contributed by atoms with Crippen molar-refractivity contribution < 1.29 is 9.84 Å². The molecule has 1 atom stereocenters. The van der Waals surface area contributed by atoms with Gasteiger partial charge in [0.15, 0.2) is 0 Å². The predicted octanol–water partition coefficient (Wildman–Crippen LogP) is 6.13. The fourth-order valence-corrected chi connectivity index (χ4v) is 5.84. The van der Waals surface area contributed by atoms with Gasteiger partial charge in [-0.1, -0.05) is 18.0 Å². The van der Waals surface area contributed by atoms with Gasteiger partial charge in [0.05, 0.1) is 16.8 Å². The van der Waals surface area contributed by atoms with E-state index in [0.717, 1.165) is 44.0 Å². The number of hydrogen-bond acceptors (Lipinski definition) is 4. The van der Waals surface area contributed by atoms with Gasteiger partial charge in [-0.3, -0.25) is 4.98 Å². The van der Waals surface area contributed by atoms with Gasteiger partial charge in [-0.2, -0.15) is 0 Å². The first-order chi connectivity index (χ1) is 13.1. The molecule has 5 heteroatoms. The van der Waals surface area contributed by atoms with Crippen LogP contribution in [-0.4, -0.2) is 16.2 Å². The molecular weight excluding hydrogens is 378 g/mol. The van der Waals surface area contributed by atoms with Gasteiger partial charge in [0.25, 0.3) is 0 Å². The third-order valence-corrected chi connectivity index (χ3v) is 7.71. The van der Waals surface area contributed by atoms with E-state index in [1.807, 2.05) is 30.5 Å². The fraction of sp³-hybridized carbons (Fsp3) is 0.409. The van der Waals surface area contributed by atoms with Crippen molar-refractivity contribution in [3.8, 4) is 16.9 Å². The molecule has 140 valence electrons. The second-order valence-corrected chi connectivity index (χ2v) is 9.48. The minimum absolute atomic E-state index is 0.0307. The molecule has 1 N–H and O–H groups in total. The van der Waals surface area contributed by atoms with Gasteiger partial charge in [0.2, 0.25) is 0 Å². The van der Waals surface area contributed by atoms with Crippen LogP contribution in [-0.2, 0) is 6.61 Å². The smallest absolute Gasteiger partial charge is 0.130 e. The average Bonchev–Trinajstić information content (AvgIpc) is 3.01. The molecule has 27 heavy (non-hydrogen) atoms. The lowest BCUT2D eigenvalue weighted by atomic mass is 9.54. The summed E-state index contributed by atoms with van der Waals surface area (Å²) in [6.07, 6.45) is 8.50. The highest BCUT2D eigenvalue weighted by Gasteiger charge is 2.52. The maximum absolute atomic E-state index is 9.53. The Bertz CT molecular complexity index is 1020. The molecule has 3 nitrogen and oxygen atoms in total. The lowest BCUT2D eigenvalue weighted by Gasteiger charge is -2.55. The van der Waals surface area contributed by atoms with Gasteiger partial charge in [-0.25, -0.2) is 0 Å². The Morgan fingerprint density at radius 2 is 2.11 bits per heavy atom. The summed E-state index contributed by atoms with van der Waals surface area (Å²) in [5, 5.41) is 10.2. The molecule has 1 aromatic carbocycles. The molecule has 0 radical (unpaired) electrons. The van der Waals surface area contributed by atoms with Crippen LogP contribution in [0.5, 0.6) is 5.75 Å². The highest BCUT2D eigenvalue weighted by Crippen LogP contribution is 2.57. The van der Waals surface area contributed by atoms with Gasteiger partial charge < -0.3 is 9.84 Å². The number of aromatic nitrogens is 1. The van der Waals surface area contributed by atoms with Crippen LogP contribution in [0.25, 0.3) is 21.3 Å². The van der Waals surface area contributed by atoms with E-state index < -0.39 is 0 Å². The molecule has 2 heterocycles. The van der Waals surface area contributed by atoms with Crippen molar-refractivity contribution >= 4 is 33.2 Å². The number of nitrogens with zero attached hydrogens (tertiary/aromatic N) is 1. The molecule has 2 aliphatic carbocycles. The highest BCUT2D eigenvalue weighted by atomic mass is 35.5. The molecule has 0 bridgehead atoms. The third kappa shape index (κ3) is 2.77. The summed E-state index contributed by atoms with van der Waals surface area (Å²) in [5.74, 6) is 0.946. The monoisotopic (exact) mass is 399 g/mol. The van der Waals surface area contributed by atoms with Gasteiger partial charge in [0.1, 0.15) is 11.9 Å². The number of fused-ring (bicyclic) bond motifs is 1. The Kier molecular flexibility index (Phi) is 4.19. The molecule has 5 rings (SSSR count). The van der Waals surface area contributed by atoms with E-state index in [1.54, 1.807) is 11.3 Å². The van der Waals surface area contributed by atoms with Crippen LogP contribution in [0.3, 0.4) is 0 Å². The maximum atomic E-state index is 9.53. The summed E-state index contributed by atoms with van der Waals surface area (Å²) in [7, 11) is 0. The molecule has 0 saturated heterocycles. The Labute approximate surface area is 168 Å². The van der Waals surface area contributed by atoms with Crippen molar-refractivity contribution in [3.05, 3.63) is 45.9 Å². The van der Waals surface area contributed by atoms with E-state index in [4.69, 9.17) is 16.3 Å². The minimum Gasteiger partial charge on any atom is -0.489 e. The van der Waals surface area contributed by atoms with Crippen molar-refractivity contribution in [2.45, 2.75) is 51.7 Å². The van der Waals surface area contributed by atoms with Gasteiger partial charge in [-0.15, -0.1) is 11.3 Å². The van der Waals surface area contributed by atoms with Crippen molar-refractivity contribution in [2.75, 3.05) is 0 Å². The number of pyridine rings is 1. The molecule has 2 saturated carbocycles. The van der Waals surface area contributed by atoms with Crippen molar-refractivity contribution in [1.82, 2.24) is 4.98 Å². The molecule has 1 spiro atoms. The summed E-state index contributed by atoms with van der Waals surface area (Å²) in [4.78, 5) is 5.39. The lowest BCUT2D eigenvalue weighted by molar-refractivity contribution is -0.0999. The zero-order valence-electron chi connectivity index (χ0n) is 15.3. The number of hydrogen-bond donors (Lipinski definition) is 1. The van der Waals surface area contributed by atoms with E-state index in [9.17, 15) is 5.11 Å². The number of rotatable bonds is 4.